The van der Waals surface area contributed by atoms with E-state index in [-0.39, 0.29) is 0 Å². The predicted octanol–water partition coefficient (Wildman–Crippen LogP) is 5.44. The van der Waals surface area contributed by atoms with E-state index in [0.717, 1.165) is 0 Å². The topological polar surface area (TPSA) is 86.6 Å². The minimum atomic E-state index is -9.26. The number of carbonyl (C=O) groups is 1. The Morgan fingerprint density at radius 3 is 1.23 bits per heavy atom. The smallest absolute Gasteiger partial charge is 0.460 e. The summed E-state index contributed by atoms with van der Waals surface area (Å²) >= 11 is 0. The Bertz CT molecular complexity index is 1040. The minimum absolute atomic E-state index is 0.809. The molecule has 0 radical (unpaired) electrons. The van der Waals surface area contributed by atoms with E-state index in [1.165, 1.54) is 0 Å². The second-order valence-corrected chi connectivity index (χ2v) is 10.2. The molecular formula is C17H14F21NO4S. The van der Waals surface area contributed by atoms with Gasteiger partial charge in [-0.25, -0.2) is 0 Å². The highest BCUT2D eigenvalue weighted by molar-refractivity contribution is 7.85. The van der Waals surface area contributed by atoms with Crippen LogP contribution in [0.4, 0.5) is 92.2 Å². The molecule has 0 aromatic rings. The normalized spacial score (nSPS) is 17.0. The summed E-state index contributed by atoms with van der Waals surface area (Å²) < 4.78 is 292. The lowest BCUT2D eigenvalue weighted by molar-refractivity contribution is -0.474. The van der Waals surface area contributed by atoms with Gasteiger partial charge in [-0.15, -0.1) is 0 Å². The molecule has 0 amide bonds. The van der Waals surface area contributed by atoms with Crippen LogP contribution in [0.3, 0.4) is 0 Å². The van der Waals surface area contributed by atoms with Crippen molar-refractivity contribution in [3.63, 3.8) is 0 Å². The van der Waals surface area contributed by atoms with E-state index in [1.54, 1.807) is 0 Å². The molecule has 0 saturated carbocycles. The van der Waals surface area contributed by atoms with Gasteiger partial charge in [0.1, 0.15) is 0 Å². The van der Waals surface area contributed by atoms with E-state index in [2.05, 4.69) is 0 Å². The van der Waals surface area contributed by atoms with Crippen molar-refractivity contribution in [1.82, 2.24) is 5.32 Å². The summed E-state index contributed by atoms with van der Waals surface area (Å²) in [6.07, 6.45) is -13.1. The summed E-state index contributed by atoms with van der Waals surface area (Å²) in [5.74, 6) is -82.8. The molecule has 2 unspecified atom stereocenters. The molecule has 27 heteroatoms. The van der Waals surface area contributed by atoms with Gasteiger partial charge in [0.15, 0.2) is 0 Å². The molecule has 0 aromatic carbocycles. The first-order valence-electron chi connectivity index (χ1n) is 10.4. The maximum absolute atomic E-state index is 13.8. The van der Waals surface area contributed by atoms with Gasteiger partial charge >= 0.3 is 65.4 Å². The molecule has 0 rings (SSSR count). The molecule has 0 aliphatic rings. The first-order chi connectivity index (χ1) is 19.0. The zero-order valence-corrected chi connectivity index (χ0v) is 21.0. The number of alkyl halides is 21. The Morgan fingerprint density at radius 2 is 0.909 bits per heavy atom. The first kappa shape index (κ1) is 42.1. The monoisotopic (exact) mass is 727 g/mol. The summed E-state index contributed by atoms with van der Waals surface area (Å²) in [5.41, 5.74) is 0. The number of aliphatic hydroxyl groups is 1. The third-order valence-corrected chi connectivity index (χ3v) is 6.67. The number of hydrogen-bond donors (Lipinski definition) is 3. The van der Waals surface area contributed by atoms with Gasteiger partial charge in [0.25, 0.3) is 0 Å². The van der Waals surface area contributed by atoms with Crippen molar-refractivity contribution in [3.8, 4) is 0 Å². The summed E-state index contributed by atoms with van der Waals surface area (Å²) in [4.78, 5) is 10.2. The van der Waals surface area contributed by atoms with Crippen molar-refractivity contribution >= 4 is 16.8 Å². The Kier molecular flexibility index (Phi) is 11.8. The van der Waals surface area contributed by atoms with Crippen LogP contribution in [0, 0.1) is 0 Å². The highest BCUT2D eigenvalue weighted by Gasteiger charge is 2.97. The molecule has 3 N–H and O–H groups in total. The molecule has 0 fully saturated rings. The highest BCUT2D eigenvalue weighted by atomic mass is 32.2. The quantitative estimate of drug-likeness (QED) is 0.174. The molecule has 5 nitrogen and oxygen atoms in total. The van der Waals surface area contributed by atoms with Gasteiger partial charge < -0.3 is 15.5 Å². The van der Waals surface area contributed by atoms with Crippen molar-refractivity contribution in [2.75, 3.05) is 24.6 Å². The summed E-state index contributed by atoms with van der Waals surface area (Å²) in [6.45, 7) is -1.69. The van der Waals surface area contributed by atoms with Crippen LogP contribution in [0.25, 0.3) is 0 Å². The van der Waals surface area contributed by atoms with Gasteiger partial charge in [-0.1, -0.05) is 0 Å². The van der Waals surface area contributed by atoms with E-state index in [9.17, 15) is 106 Å². The lowest BCUT2D eigenvalue weighted by atomic mass is 9.86. The second kappa shape index (κ2) is 12.4. The number of rotatable bonds is 17. The van der Waals surface area contributed by atoms with Crippen LogP contribution in [-0.2, 0) is 15.6 Å². The zero-order chi connectivity index (χ0) is 36.0. The lowest BCUT2D eigenvalue weighted by Crippen LogP contribution is -2.76. The summed E-state index contributed by atoms with van der Waals surface area (Å²) in [7, 11) is -3.06. The van der Waals surface area contributed by atoms with E-state index in [0.29, 0.717) is 0 Å². The molecule has 0 aliphatic carbocycles. The van der Waals surface area contributed by atoms with Crippen LogP contribution in [0.5, 0.6) is 0 Å². The summed E-state index contributed by atoms with van der Waals surface area (Å²) in [5, 5.41) is 19.6. The van der Waals surface area contributed by atoms with Crippen molar-refractivity contribution in [3.05, 3.63) is 0 Å². The lowest BCUT2D eigenvalue weighted by Gasteiger charge is -2.44. The van der Waals surface area contributed by atoms with Gasteiger partial charge in [0, 0.05) is 29.5 Å². The molecule has 0 aromatic heterocycles. The molecule has 0 bridgehead atoms. The van der Waals surface area contributed by atoms with Crippen molar-refractivity contribution in [2.24, 2.45) is 0 Å². The Labute approximate surface area is 231 Å². The number of aliphatic hydroxyl groups excluding tert-OH is 1. The summed E-state index contributed by atoms with van der Waals surface area (Å²) in [6, 6.07) is 0. The molecule has 0 aliphatic heterocycles. The zero-order valence-electron chi connectivity index (χ0n) is 20.2. The van der Waals surface area contributed by atoms with Crippen LogP contribution in [0.15, 0.2) is 0 Å². The van der Waals surface area contributed by atoms with Gasteiger partial charge in [-0.2, -0.15) is 92.2 Å². The SMILES string of the molecule is O=C(O)CNCC(O)CS(=O)CCC(F)(F)C(F)(F)C(F)(F)C(F)(F)C(F)(F)C(F)(F)C(F)(F)C(F)(F)C(F)(F)C(F)(F)F. The first-order valence-corrected chi connectivity index (χ1v) is 11.9. The molecule has 0 heterocycles. The van der Waals surface area contributed by atoms with E-state index >= 15 is 0 Å². The number of halogens is 21. The fraction of sp³-hybridized carbons (Fsp3) is 0.941. The fourth-order valence-corrected chi connectivity index (χ4v) is 3.89. The maximum Gasteiger partial charge on any atom is 0.460 e. The minimum Gasteiger partial charge on any atom is -0.480 e. The van der Waals surface area contributed by atoms with Crippen molar-refractivity contribution < 1.29 is 111 Å². The number of carboxylic acid groups (broad SMARTS) is 1. The third-order valence-electron chi connectivity index (χ3n) is 5.25. The average Bonchev–Trinajstić information content (AvgIpc) is 2.80. The predicted molar refractivity (Wildman–Crippen MR) is 99.6 cm³/mol. The Morgan fingerprint density at radius 1 is 0.591 bits per heavy atom. The van der Waals surface area contributed by atoms with E-state index < -0.39 is 113 Å². The highest BCUT2D eigenvalue weighted by Crippen LogP contribution is 2.66. The standard InChI is InChI=1S/C17H14F21NO4S/c18-8(19,1-2-44(43)5-6(40)3-39-4-7(41)42)9(20,21)10(22,23)11(24,25)12(26,27)13(28,29)14(30,31)15(32,33)16(34,35)17(36,37)38/h6,39-40H,1-5H2,(H,41,42). The molecule has 0 saturated heterocycles. The van der Waals surface area contributed by atoms with E-state index in [4.69, 9.17) is 5.11 Å². The number of carboxylic acids is 1. The Hall–Kier alpha value is -1.93. The third kappa shape index (κ3) is 6.77. The molecule has 2 atom stereocenters. The molecule has 264 valence electrons. The van der Waals surface area contributed by atoms with Gasteiger partial charge in [0.2, 0.25) is 0 Å². The van der Waals surface area contributed by atoms with Crippen LogP contribution in [0.1, 0.15) is 6.42 Å². The van der Waals surface area contributed by atoms with Crippen molar-refractivity contribution in [2.45, 2.75) is 72.0 Å². The number of hydrogen-bond acceptors (Lipinski definition) is 4. The van der Waals surface area contributed by atoms with Crippen LogP contribution in [-0.4, -0.2) is 111 Å². The van der Waals surface area contributed by atoms with Gasteiger partial charge in [0.05, 0.1) is 18.4 Å². The largest absolute Gasteiger partial charge is 0.480 e. The maximum atomic E-state index is 13.8. The van der Waals surface area contributed by atoms with Crippen LogP contribution < -0.4 is 5.32 Å². The van der Waals surface area contributed by atoms with Crippen molar-refractivity contribution in [1.29, 1.82) is 0 Å². The molecule has 0 spiro atoms. The molecular weight excluding hydrogens is 713 g/mol. The average molecular weight is 727 g/mol. The molecule has 44 heavy (non-hydrogen) atoms. The van der Waals surface area contributed by atoms with Gasteiger partial charge in [-0.3, -0.25) is 9.00 Å². The van der Waals surface area contributed by atoms with Crippen LogP contribution in [0.2, 0.25) is 0 Å². The van der Waals surface area contributed by atoms with Crippen LogP contribution >= 0.6 is 0 Å². The fourth-order valence-electron chi connectivity index (χ4n) is 2.69. The Balaban J connectivity index is 6.42. The number of nitrogens with one attached hydrogen (secondary N) is 1. The second-order valence-electron chi connectivity index (χ2n) is 8.54. The number of aliphatic carboxylic acids is 1. The van der Waals surface area contributed by atoms with Gasteiger partial charge in [-0.05, 0) is 0 Å². The van der Waals surface area contributed by atoms with E-state index in [1.807, 2.05) is 5.32 Å².